The van der Waals surface area contributed by atoms with Crippen molar-refractivity contribution in [3.63, 3.8) is 0 Å². The van der Waals surface area contributed by atoms with Gasteiger partial charge in [0.25, 0.3) is 5.91 Å². The Morgan fingerprint density at radius 3 is 2.40 bits per heavy atom. The summed E-state index contributed by atoms with van der Waals surface area (Å²) in [5, 5.41) is 0. The monoisotopic (exact) mass is 477 g/mol. The predicted molar refractivity (Wildman–Crippen MR) is 132 cm³/mol. The lowest BCUT2D eigenvalue weighted by molar-refractivity contribution is 0.0518. The number of methoxy groups -OCH3 is 1. The molecule has 8 heteroatoms. The molecule has 0 aliphatic heterocycles. The predicted octanol–water partition coefficient (Wildman–Crippen LogP) is 4.17. The smallest absolute Gasteiger partial charge is 0.355 e. The molecule has 0 aliphatic rings. The van der Waals surface area contributed by atoms with Crippen LogP contribution in [0.2, 0.25) is 0 Å². The minimum Gasteiger partial charge on any atom is -0.497 e. The van der Waals surface area contributed by atoms with Gasteiger partial charge >= 0.3 is 5.97 Å². The minimum absolute atomic E-state index is 0.230. The summed E-state index contributed by atoms with van der Waals surface area (Å²) in [7, 11) is 1.56. The van der Waals surface area contributed by atoms with Crippen LogP contribution in [0.25, 0.3) is 0 Å². The van der Waals surface area contributed by atoms with E-state index < -0.39 is 12.0 Å². The molecular weight excluding hydrogens is 446 g/mol. The maximum Gasteiger partial charge on any atom is 0.355 e. The number of ketones is 1. The Morgan fingerprint density at radius 2 is 1.80 bits per heavy atom. The Morgan fingerprint density at radius 1 is 1.09 bits per heavy atom. The summed E-state index contributed by atoms with van der Waals surface area (Å²) < 4.78 is 10.3. The first-order valence-corrected chi connectivity index (χ1v) is 11.5. The van der Waals surface area contributed by atoms with Crippen LogP contribution in [0.3, 0.4) is 0 Å². The Kier molecular flexibility index (Phi) is 8.41. The van der Waals surface area contributed by atoms with E-state index in [-0.39, 0.29) is 24.0 Å². The number of aromatic amines is 1. The summed E-state index contributed by atoms with van der Waals surface area (Å²) in [6.45, 7) is 7.40. The van der Waals surface area contributed by atoms with Crippen molar-refractivity contribution in [1.82, 2.24) is 14.9 Å². The summed E-state index contributed by atoms with van der Waals surface area (Å²) in [5.41, 5.74) is 2.98. The van der Waals surface area contributed by atoms with Gasteiger partial charge in [0, 0.05) is 41.7 Å². The molecule has 0 spiro atoms. The summed E-state index contributed by atoms with van der Waals surface area (Å²) >= 11 is 0. The summed E-state index contributed by atoms with van der Waals surface area (Å²) in [6, 6.07) is 11.6. The summed E-state index contributed by atoms with van der Waals surface area (Å²) in [5.74, 6) is -0.410. The lowest BCUT2D eigenvalue weighted by Crippen LogP contribution is -2.44. The third-order valence-electron chi connectivity index (χ3n) is 5.94. The zero-order valence-corrected chi connectivity index (χ0v) is 20.8. The largest absolute Gasteiger partial charge is 0.497 e. The fourth-order valence-corrected chi connectivity index (χ4v) is 4.03. The molecule has 0 saturated carbocycles. The van der Waals surface area contributed by atoms with Crippen molar-refractivity contribution in [2.75, 3.05) is 20.3 Å². The van der Waals surface area contributed by atoms with E-state index >= 15 is 0 Å². The Labute approximate surface area is 205 Å². The van der Waals surface area contributed by atoms with Gasteiger partial charge in [0.2, 0.25) is 0 Å². The standard InChI is InChI=1S/C27H31N3O5/c1-6-35-27(33)24-17(2)23(18(3)29-24)25(31)19(4)30(16-14-21-9-7-8-15-28-21)26(32)20-10-12-22(34-5)13-11-20/h7-13,15,19,29H,6,14,16H2,1-5H3/t19-/m1/s1. The highest BCUT2D eigenvalue weighted by molar-refractivity contribution is 6.07. The molecule has 2 heterocycles. The second-order valence-corrected chi connectivity index (χ2v) is 8.18. The number of hydrogen-bond donors (Lipinski definition) is 1. The number of Topliss-reactive ketones (excluding diaryl/α,β-unsaturated/α-hetero) is 1. The number of aromatic nitrogens is 2. The summed E-state index contributed by atoms with van der Waals surface area (Å²) in [6.07, 6.45) is 2.18. The first-order valence-electron chi connectivity index (χ1n) is 11.5. The van der Waals surface area contributed by atoms with Gasteiger partial charge < -0.3 is 19.4 Å². The van der Waals surface area contributed by atoms with Crippen molar-refractivity contribution in [2.45, 2.75) is 40.2 Å². The third-order valence-corrected chi connectivity index (χ3v) is 5.94. The fraction of sp³-hybridized carbons (Fsp3) is 0.333. The van der Waals surface area contributed by atoms with Crippen molar-refractivity contribution in [3.8, 4) is 5.75 Å². The fourth-order valence-electron chi connectivity index (χ4n) is 4.03. The normalized spacial score (nSPS) is 11.6. The molecule has 0 bridgehead atoms. The number of nitrogens with one attached hydrogen (secondary N) is 1. The average molecular weight is 478 g/mol. The SMILES string of the molecule is CCOC(=O)c1[nH]c(C)c(C(=O)[C@@H](C)N(CCc2ccccn2)C(=O)c2ccc(OC)cc2)c1C. The second kappa shape index (κ2) is 11.5. The lowest BCUT2D eigenvalue weighted by atomic mass is 9.99. The van der Waals surface area contributed by atoms with Gasteiger partial charge in [-0.05, 0) is 69.7 Å². The number of aryl methyl sites for hydroxylation is 1. The topological polar surface area (TPSA) is 102 Å². The van der Waals surface area contributed by atoms with Gasteiger partial charge in [-0.2, -0.15) is 0 Å². The first kappa shape index (κ1) is 25.7. The van der Waals surface area contributed by atoms with E-state index in [0.717, 1.165) is 5.69 Å². The molecule has 184 valence electrons. The van der Waals surface area contributed by atoms with Crippen molar-refractivity contribution in [3.05, 3.63) is 82.4 Å². The molecule has 1 atom stereocenters. The van der Waals surface area contributed by atoms with Crippen LogP contribution in [0.4, 0.5) is 0 Å². The highest BCUT2D eigenvalue weighted by Gasteiger charge is 2.31. The number of ether oxygens (including phenoxy) is 2. The summed E-state index contributed by atoms with van der Waals surface area (Å²) in [4.78, 5) is 48.4. The average Bonchev–Trinajstić information content (AvgIpc) is 3.17. The lowest BCUT2D eigenvalue weighted by Gasteiger charge is -2.29. The molecule has 0 radical (unpaired) electrons. The maximum absolute atomic E-state index is 13.7. The van der Waals surface area contributed by atoms with E-state index in [2.05, 4.69) is 9.97 Å². The minimum atomic E-state index is -0.781. The molecule has 3 rings (SSSR count). The molecule has 0 saturated heterocycles. The number of benzene rings is 1. The molecule has 0 unspecified atom stereocenters. The van der Waals surface area contributed by atoms with Gasteiger partial charge in [-0.25, -0.2) is 4.79 Å². The first-order chi connectivity index (χ1) is 16.8. The number of H-pyrrole nitrogens is 1. The Hall–Kier alpha value is -3.94. The van der Waals surface area contributed by atoms with Gasteiger partial charge in [0.05, 0.1) is 19.8 Å². The van der Waals surface area contributed by atoms with Crippen molar-refractivity contribution >= 4 is 17.7 Å². The number of carbonyl (C=O) groups excluding carboxylic acids is 3. The van der Waals surface area contributed by atoms with Crippen LogP contribution in [-0.2, 0) is 11.2 Å². The van der Waals surface area contributed by atoms with E-state index in [0.29, 0.717) is 41.1 Å². The molecular formula is C27H31N3O5. The van der Waals surface area contributed by atoms with Crippen LogP contribution < -0.4 is 4.74 Å². The third kappa shape index (κ3) is 5.77. The molecule has 1 amide bonds. The highest BCUT2D eigenvalue weighted by Crippen LogP contribution is 2.23. The number of amides is 1. The van der Waals surface area contributed by atoms with Crippen LogP contribution in [-0.4, -0.2) is 58.8 Å². The molecule has 0 fully saturated rings. The van der Waals surface area contributed by atoms with Gasteiger partial charge in [-0.15, -0.1) is 0 Å². The van der Waals surface area contributed by atoms with Gasteiger partial charge in [-0.1, -0.05) is 6.07 Å². The quantitative estimate of drug-likeness (QED) is 0.347. The molecule has 35 heavy (non-hydrogen) atoms. The molecule has 0 aliphatic carbocycles. The van der Waals surface area contributed by atoms with Crippen molar-refractivity contribution in [1.29, 1.82) is 0 Å². The zero-order chi connectivity index (χ0) is 25.5. The zero-order valence-electron chi connectivity index (χ0n) is 20.8. The maximum atomic E-state index is 13.7. The van der Waals surface area contributed by atoms with Crippen LogP contribution >= 0.6 is 0 Å². The Bertz CT molecular complexity index is 1190. The van der Waals surface area contributed by atoms with Crippen molar-refractivity contribution in [2.24, 2.45) is 0 Å². The Balaban J connectivity index is 1.93. The number of nitrogens with zero attached hydrogens (tertiary/aromatic N) is 2. The number of pyridine rings is 1. The van der Waals surface area contributed by atoms with E-state index in [4.69, 9.17) is 9.47 Å². The molecule has 1 aromatic carbocycles. The number of carbonyl (C=O) groups is 3. The van der Waals surface area contributed by atoms with E-state index in [9.17, 15) is 14.4 Å². The molecule has 8 nitrogen and oxygen atoms in total. The second-order valence-electron chi connectivity index (χ2n) is 8.18. The van der Waals surface area contributed by atoms with E-state index in [1.807, 2.05) is 18.2 Å². The molecule has 2 aromatic heterocycles. The van der Waals surface area contributed by atoms with Crippen molar-refractivity contribution < 1.29 is 23.9 Å². The number of rotatable bonds is 10. The van der Waals surface area contributed by atoms with Crippen LogP contribution in [0, 0.1) is 13.8 Å². The van der Waals surface area contributed by atoms with E-state index in [1.54, 1.807) is 70.2 Å². The number of hydrogen-bond acceptors (Lipinski definition) is 6. The number of esters is 1. The van der Waals surface area contributed by atoms with Crippen LogP contribution in [0.1, 0.15) is 62.0 Å². The molecule has 3 aromatic rings. The van der Waals surface area contributed by atoms with Crippen LogP contribution in [0.15, 0.2) is 48.7 Å². The van der Waals surface area contributed by atoms with E-state index in [1.165, 1.54) is 0 Å². The highest BCUT2D eigenvalue weighted by atomic mass is 16.5. The van der Waals surface area contributed by atoms with Gasteiger partial charge in [-0.3, -0.25) is 14.6 Å². The van der Waals surface area contributed by atoms with Gasteiger partial charge in [0.15, 0.2) is 5.78 Å². The molecule has 1 N–H and O–H groups in total. The van der Waals surface area contributed by atoms with Crippen LogP contribution in [0.5, 0.6) is 5.75 Å². The van der Waals surface area contributed by atoms with Gasteiger partial charge in [0.1, 0.15) is 11.4 Å².